The lowest BCUT2D eigenvalue weighted by Gasteiger charge is -2.39. The van der Waals surface area contributed by atoms with Gasteiger partial charge < -0.3 is 39.4 Å². The molecule has 68 heavy (non-hydrogen) atoms. The SMILES string of the molecule is CC/C=C\C/C=C\C/C=C\C/C=C\C/C=C\C/C=C\C/C=C\CCCC(=O)OC(COCCCCCCCCC/C=C\C/C=C\C/C=C\CCCCCCC)COC1OC(CO)C(O)C(O)C1O. The first kappa shape index (κ1) is 62.6. The molecular weight excluding hydrogens is 853 g/mol. The quantitative estimate of drug-likeness (QED) is 0.0267. The molecule has 1 saturated heterocycles. The number of rotatable bonds is 44. The summed E-state index contributed by atoms with van der Waals surface area (Å²) in [7, 11) is 0. The second-order valence-corrected chi connectivity index (χ2v) is 17.6. The topological polar surface area (TPSA) is 135 Å². The van der Waals surface area contributed by atoms with Crippen molar-refractivity contribution >= 4 is 5.97 Å². The van der Waals surface area contributed by atoms with Crippen molar-refractivity contribution in [2.45, 2.75) is 218 Å². The molecule has 1 fully saturated rings. The van der Waals surface area contributed by atoms with E-state index in [1.54, 1.807) is 0 Å². The van der Waals surface area contributed by atoms with E-state index in [1.165, 1.54) is 64.2 Å². The molecule has 1 heterocycles. The van der Waals surface area contributed by atoms with Crippen molar-refractivity contribution < 1.29 is 44.2 Å². The largest absolute Gasteiger partial charge is 0.457 e. The average Bonchev–Trinajstić information content (AvgIpc) is 3.34. The predicted molar refractivity (Wildman–Crippen MR) is 283 cm³/mol. The Bertz CT molecular complexity index is 1450. The molecule has 0 amide bonds. The number of unbranched alkanes of at least 4 members (excludes halogenated alkanes) is 13. The lowest BCUT2D eigenvalue weighted by atomic mass is 9.99. The number of esters is 1. The molecule has 0 aromatic rings. The van der Waals surface area contributed by atoms with Crippen LogP contribution in [0.2, 0.25) is 0 Å². The van der Waals surface area contributed by atoms with Gasteiger partial charge in [-0.05, 0) is 103 Å². The van der Waals surface area contributed by atoms with Gasteiger partial charge >= 0.3 is 5.97 Å². The third-order valence-electron chi connectivity index (χ3n) is 11.4. The van der Waals surface area contributed by atoms with E-state index < -0.39 is 43.4 Å². The minimum absolute atomic E-state index is 0.106. The Hall–Kier alpha value is -3.41. The van der Waals surface area contributed by atoms with E-state index in [0.717, 1.165) is 89.9 Å². The normalized spacial score (nSPS) is 20.1. The molecule has 0 bridgehead atoms. The Morgan fingerprint density at radius 2 is 0.897 bits per heavy atom. The smallest absolute Gasteiger partial charge is 0.306 e. The summed E-state index contributed by atoms with van der Waals surface area (Å²) in [5.74, 6) is -0.379. The monoisotopic (exact) mass is 949 g/mol. The Kier molecular flexibility index (Phi) is 44.8. The molecular formula is C59H96O9. The lowest BCUT2D eigenvalue weighted by Crippen LogP contribution is -2.59. The average molecular weight is 949 g/mol. The second kappa shape index (κ2) is 48.6. The maximum atomic E-state index is 12.8. The molecule has 0 saturated carbocycles. The van der Waals surface area contributed by atoms with Gasteiger partial charge in [-0.25, -0.2) is 0 Å². The van der Waals surface area contributed by atoms with Crippen LogP contribution in [0.4, 0.5) is 0 Å². The number of aliphatic hydroxyl groups excluding tert-OH is 4. The Morgan fingerprint density at radius 1 is 0.485 bits per heavy atom. The zero-order valence-corrected chi connectivity index (χ0v) is 42.6. The summed E-state index contributed by atoms with van der Waals surface area (Å²) in [4.78, 5) is 12.8. The molecule has 9 heteroatoms. The van der Waals surface area contributed by atoms with Crippen LogP contribution < -0.4 is 0 Å². The fourth-order valence-corrected chi connectivity index (χ4v) is 7.25. The molecule has 386 valence electrons. The highest BCUT2D eigenvalue weighted by Crippen LogP contribution is 2.22. The Morgan fingerprint density at radius 3 is 1.35 bits per heavy atom. The predicted octanol–water partition coefficient (Wildman–Crippen LogP) is 13.5. The first-order valence-corrected chi connectivity index (χ1v) is 26.6. The van der Waals surface area contributed by atoms with Gasteiger partial charge in [0.15, 0.2) is 6.29 Å². The molecule has 0 aromatic carbocycles. The third kappa shape index (κ3) is 38.4. The van der Waals surface area contributed by atoms with Crippen LogP contribution in [0.5, 0.6) is 0 Å². The van der Waals surface area contributed by atoms with Crippen LogP contribution in [-0.4, -0.2) is 89.6 Å². The minimum atomic E-state index is -1.56. The summed E-state index contributed by atoms with van der Waals surface area (Å²) >= 11 is 0. The zero-order valence-electron chi connectivity index (χ0n) is 42.6. The molecule has 0 aliphatic carbocycles. The fourth-order valence-electron chi connectivity index (χ4n) is 7.25. The van der Waals surface area contributed by atoms with Crippen LogP contribution in [0.3, 0.4) is 0 Å². The van der Waals surface area contributed by atoms with Crippen LogP contribution in [0, 0.1) is 0 Å². The van der Waals surface area contributed by atoms with Gasteiger partial charge in [0.05, 0.1) is 19.8 Å². The number of hydrogen-bond acceptors (Lipinski definition) is 9. The molecule has 1 rings (SSSR count). The number of aliphatic hydroxyl groups is 4. The van der Waals surface area contributed by atoms with Gasteiger partial charge in [0.1, 0.15) is 30.5 Å². The second-order valence-electron chi connectivity index (χ2n) is 17.6. The van der Waals surface area contributed by atoms with E-state index in [0.29, 0.717) is 13.0 Å². The summed E-state index contributed by atoms with van der Waals surface area (Å²) in [5.41, 5.74) is 0. The van der Waals surface area contributed by atoms with E-state index in [2.05, 4.69) is 135 Å². The first-order valence-electron chi connectivity index (χ1n) is 26.6. The highest BCUT2D eigenvalue weighted by Gasteiger charge is 2.44. The van der Waals surface area contributed by atoms with Gasteiger partial charge in [-0.3, -0.25) is 4.79 Å². The molecule has 4 N–H and O–H groups in total. The standard InChI is InChI=1S/C59H96O9/c1-3-5-7-9-11-13-15-17-19-21-23-25-27-28-30-32-34-36-38-40-42-44-46-48-55(61)67-53(52-66-59-58(64)57(63)56(62)54(50-60)68-59)51-65-49-47-45-43-41-39-37-35-33-31-29-26-24-22-20-18-16-14-12-10-8-6-4-2/h5,7,11,13,16-19,22-25,28-31,34,36,40,42,53-54,56-60,62-64H,3-4,6,8-10,12,14-15,20-21,26-27,32-33,35,37-39,41,43-52H2,1-2H3/b7-5-,13-11-,18-16-,19-17-,24-22-,25-23-,30-28-,31-29-,36-34-,42-40-. The number of allylic oxidation sites excluding steroid dienone is 20. The molecule has 0 aromatic heterocycles. The van der Waals surface area contributed by atoms with Crippen molar-refractivity contribution in [3.05, 3.63) is 122 Å². The van der Waals surface area contributed by atoms with E-state index in [1.807, 2.05) is 0 Å². The van der Waals surface area contributed by atoms with Crippen LogP contribution in [0.25, 0.3) is 0 Å². The first-order chi connectivity index (χ1) is 33.4. The molecule has 9 nitrogen and oxygen atoms in total. The number of ether oxygens (including phenoxy) is 4. The summed E-state index contributed by atoms with van der Waals surface area (Å²) in [6.45, 7) is 4.32. The molecule has 0 radical (unpaired) electrons. The van der Waals surface area contributed by atoms with Gasteiger partial charge in [0, 0.05) is 13.0 Å². The maximum absolute atomic E-state index is 12.8. The molecule has 6 unspecified atom stereocenters. The number of carbonyl (C=O) groups is 1. The zero-order chi connectivity index (χ0) is 49.2. The van der Waals surface area contributed by atoms with Crippen LogP contribution in [0.1, 0.15) is 181 Å². The lowest BCUT2D eigenvalue weighted by molar-refractivity contribution is -0.305. The minimum Gasteiger partial charge on any atom is -0.457 e. The Balaban J connectivity index is 2.28. The van der Waals surface area contributed by atoms with Crippen molar-refractivity contribution in [2.24, 2.45) is 0 Å². The van der Waals surface area contributed by atoms with Gasteiger partial charge in [0.25, 0.3) is 0 Å². The molecule has 0 spiro atoms. The Labute approximate surface area is 414 Å². The van der Waals surface area contributed by atoms with Gasteiger partial charge in [-0.15, -0.1) is 0 Å². The third-order valence-corrected chi connectivity index (χ3v) is 11.4. The molecule has 1 aliphatic heterocycles. The van der Waals surface area contributed by atoms with Gasteiger partial charge in [-0.2, -0.15) is 0 Å². The van der Waals surface area contributed by atoms with Crippen molar-refractivity contribution in [1.29, 1.82) is 0 Å². The number of carbonyl (C=O) groups excluding carboxylic acids is 1. The van der Waals surface area contributed by atoms with E-state index in [9.17, 15) is 25.2 Å². The van der Waals surface area contributed by atoms with Crippen LogP contribution >= 0.6 is 0 Å². The van der Waals surface area contributed by atoms with Gasteiger partial charge in [-0.1, -0.05) is 193 Å². The summed E-state index contributed by atoms with van der Waals surface area (Å²) in [6.07, 6.45) is 63.8. The maximum Gasteiger partial charge on any atom is 0.306 e. The van der Waals surface area contributed by atoms with E-state index >= 15 is 0 Å². The summed E-state index contributed by atoms with van der Waals surface area (Å²) in [6, 6.07) is 0. The fraction of sp³-hybridized carbons (Fsp3) is 0.644. The molecule has 1 aliphatic rings. The van der Waals surface area contributed by atoms with Crippen LogP contribution in [0.15, 0.2) is 122 Å². The van der Waals surface area contributed by atoms with E-state index in [4.69, 9.17) is 18.9 Å². The van der Waals surface area contributed by atoms with Crippen molar-refractivity contribution in [1.82, 2.24) is 0 Å². The van der Waals surface area contributed by atoms with E-state index in [-0.39, 0.29) is 25.6 Å². The highest BCUT2D eigenvalue weighted by molar-refractivity contribution is 5.69. The number of hydrogen-bond donors (Lipinski definition) is 4. The highest BCUT2D eigenvalue weighted by atomic mass is 16.7. The summed E-state index contributed by atoms with van der Waals surface area (Å²) < 4.78 is 22.8. The summed E-state index contributed by atoms with van der Waals surface area (Å²) in [5, 5.41) is 40.3. The van der Waals surface area contributed by atoms with Gasteiger partial charge in [0.2, 0.25) is 0 Å². The van der Waals surface area contributed by atoms with Crippen molar-refractivity contribution in [3.8, 4) is 0 Å². The molecule has 6 atom stereocenters. The van der Waals surface area contributed by atoms with Crippen LogP contribution in [-0.2, 0) is 23.7 Å². The van der Waals surface area contributed by atoms with Crippen molar-refractivity contribution in [2.75, 3.05) is 26.4 Å². The van der Waals surface area contributed by atoms with Crippen molar-refractivity contribution in [3.63, 3.8) is 0 Å².